The lowest BCUT2D eigenvalue weighted by molar-refractivity contribution is -0.123. The Morgan fingerprint density at radius 3 is 2.79 bits per heavy atom. The van der Waals surface area contributed by atoms with Crippen LogP contribution in [0.5, 0.6) is 0 Å². The summed E-state index contributed by atoms with van der Waals surface area (Å²) in [5, 5.41) is 0.671. The first-order chi connectivity index (χ1) is 13.7. The second kappa shape index (κ2) is 7.33. The van der Waals surface area contributed by atoms with Crippen LogP contribution in [-0.4, -0.2) is 36.3 Å². The lowest BCUT2D eigenvalue weighted by Crippen LogP contribution is -2.44. The fourth-order valence-electron chi connectivity index (χ4n) is 3.95. The van der Waals surface area contributed by atoms with E-state index in [0.717, 1.165) is 59.9 Å². The molecule has 1 amide bonds. The van der Waals surface area contributed by atoms with Crippen LogP contribution >= 0.6 is 23.4 Å². The highest BCUT2D eigenvalue weighted by Gasteiger charge is 2.32. The van der Waals surface area contributed by atoms with Crippen LogP contribution in [0.2, 0.25) is 5.02 Å². The molecule has 3 heterocycles. The van der Waals surface area contributed by atoms with Gasteiger partial charge in [0.25, 0.3) is 6.01 Å². The lowest BCUT2D eigenvalue weighted by Gasteiger charge is -2.35. The number of benzene rings is 2. The minimum absolute atomic E-state index is 0.0237. The third kappa shape index (κ3) is 3.25. The number of carbonyl (C=O) groups excluding carboxylic acids is 1. The molecule has 0 unspecified atom stereocenters. The SMILES string of the molecule is O=C(C1CCN(c2nc3ccccc3o2)CC1)N1CCSc2ccc(Cl)cc21. The summed E-state index contributed by atoms with van der Waals surface area (Å²) in [6.07, 6.45) is 1.61. The molecular weight excluding hydrogens is 394 g/mol. The predicted octanol–water partition coefficient (Wildman–Crippen LogP) is 4.84. The van der Waals surface area contributed by atoms with E-state index in [4.69, 9.17) is 16.0 Å². The molecule has 5 rings (SSSR count). The Labute approximate surface area is 172 Å². The number of anilines is 2. The van der Waals surface area contributed by atoms with Gasteiger partial charge in [0.05, 0.1) is 5.69 Å². The van der Waals surface area contributed by atoms with E-state index in [9.17, 15) is 4.79 Å². The summed E-state index contributed by atoms with van der Waals surface area (Å²) < 4.78 is 5.88. The van der Waals surface area contributed by atoms with Crippen LogP contribution in [0.25, 0.3) is 11.1 Å². The molecule has 2 aliphatic heterocycles. The molecule has 0 aliphatic carbocycles. The number of para-hydroxylation sites is 2. The maximum Gasteiger partial charge on any atom is 0.298 e. The highest BCUT2D eigenvalue weighted by atomic mass is 35.5. The van der Waals surface area contributed by atoms with Crippen LogP contribution in [0.15, 0.2) is 51.8 Å². The summed E-state index contributed by atoms with van der Waals surface area (Å²) in [5.41, 5.74) is 2.63. The van der Waals surface area contributed by atoms with E-state index >= 15 is 0 Å². The summed E-state index contributed by atoms with van der Waals surface area (Å²) in [4.78, 5) is 23.0. The smallest absolute Gasteiger partial charge is 0.298 e. The Morgan fingerprint density at radius 2 is 1.96 bits per heavy atom. The Morgan fingerprint density at radius 1 is 1.14 bits per heavy atom. The van der Waals surface area contributed by atoms with Crippen LogP contribution in [0, 0.1) is 5.92 Å². The molecule has 0 bridgehead atoms. The van der Waals surface area contributed by atoms with Crippen LogP contribution in [-0.2, 0) is 4.79 Å². The first-order valence-corrected chi connectivity index (χ1v) is 10.9. The number of oxazole rings is 1. The average molecular weight is 414 g/mol. The highest BCUT2D eigenvalue weighted by molar-refractivity contribution is 7.99. The number of halogens is 1. The monoisotopic (exact) mass is 413 g/mol. The van der Waals surface area contributed by atoms with Gasteiger partial charge in [0.15, 0.2) is 5.58 Å². The quantitative estimate of drug-likeness (QED) is 0.601. The first kappa shape index (κ1) is 17.9. The zero-order chi connectivity index (χ0) is 19.1. The van der Waals surface area contributed by atoms with Gasteiger partial charge in [-0.15, -0.1) is 11.8 Å². The maximum absolute atomic E-state index is 13.2. The molecule has 3 aromatic rings. The highest BCUT2D eigenvalue weighted by Crippen LogP contribution is 2.38. The second-order valence-electron chi connectivity index (χ2n) is 7.18. The Kier molecular flexibility index (Phi) is 4.69. The number of hydrogen-bond donors (Lipinski definition) is 0. The van der Waals surface area contributed by atoms with Crippen LogP contribution in [0.4, 0.5) is 11.7 Å². The Bertz CT molecular complexity index is 996. The van der Waals surface area contributed by atoms with E-state index in [2.05, 4.69) is 9.88 Å². The fourth-order valence-corrected chi connectivity index (χ4v) is 5.09. The lowest BCUT2D eigenvalue weighted by atomic mass is 9.95. The molecule has 2 aromatic carbocycles. The Balaban J connectivity index is 1.29. The normalized spacial score (nSPS) is 17.8. The summed E-state index contributed by atoms with van der Waals surface area (Å²) in [5.74, 6) is 1.15. The van der Waals surface area contributed by atoms with E-state index in [1.165, 1.54) is 0 Å². The minimum atomic E-state index is 0.0237. The number of hydrogen-bond acceptors (Lipinski definition) is 5. The third-order valence-corrected chi connectivity index (χ3v) is 6.73. The molecule has 0 radical (unpaired) electrons. The zero-order valence-electron chi connectivity index (χ0n) is 15.3. The van der Waals surface area contributed by atoms with Crippen LogP contribution in [0.1, 0.15) is 12.8 Å². The molecule has 0 saturated carbocycles. The molecule has 28 heavy (non-hydrogen) atoms. The van der Waals surface area contributed by atoms with Gasteiger partial charge >= 0.3 is 0 Å². The molecule has 1 saturated heterocycles. The van der Waals surface area contributed by atoms with Crippen molar-refractivity contribution in [1.82, 2.24) is 4.98 Å². The summed E-state index contributed by atoms with van der Waals surface area (Å²) >= 11 is 7.97. The molecular formula is C21H20ClN3O2S. The van der Waals surface area contributed by atoms with Gasteiger partial charge in [-0.2, -0.15) is 4.98 Å². The van der Waals surface area contributed by atoms with E-state index < -0.39 is 0 Å². The molecule has 144 valence electrons. The number of aromatic nitrogens is 1. The Hall–Kier alpha value is -2.18. The van der Waals surface area contributed by atoms with Crippen molar-refractivity contribution in [2.75, 3.05) is 35.2 Å². The molecule has 1 aromatic heterocycles. The van der Waals surface area contributed by atoms with E-state index in [1.54, 1.807) is 11.8 Å². The van der Waals surface area contributed by atoms with Crippen LogP contribution in [0.3, 0.4) is 0 Å². The van der Waals surface area contributed by atoms with Crippen molar-refractivity contribution in [1.29, 1.82) is 0 Å². The number of rotatable bonds is 2. The topological polar surface area (TPSA) is 49.6 Å². The number of fused-ring (bicyclic) bond motifs is 2. The van der Waals surface area contributed by atoms with Crippen molar-refractivity contribution in [3.63, 3.8) is 0 Å². The molecule has 0 N–H and O–H groups in total. The van der Waals surface area contributed by atoms with Crippen molar-refractivity contribution in [2.45, 2.75) is 17.7 Å². The summed E-state index contributed by atoms with van der Waals surface area (Å²) in [6.45, 7) is 2.28. The van der Waals surface area contributed by atoms with Gasteiger partial charge in [-0.3, -0.25) is 4.79 Å². The van der Waals surface area contributed by atoms with Crippen molar-refractivity contribution in [2.24, 2.45) is 5.92 Å². The summed E-state index contributed by atoms with van der Waals surface area (Å²) in [6, 6.07) is 14.3. The molecule has 2 aliphatic rings. The van der Waals surface area contributed by atoms with Gasteiger partial charge in [-0.1, -0.05) is 23.7 Å². The first-order valence-electron chi connectivity index (χ1n) is 9.53. The van der Waals surface area contributed by atoms with Crippen molar-refractivity contribution >= 4 is 52.1 Å². The van der Waals surface area contributed by atoms with Gasteiger partial charge in [-0.25, -0.2) is 0 Å². The van der Waals surface area contributed by atoms with Crippen LogP contribution < -0.4 is 9.80 Å². The van der Waals surface area contributed by atoms with Gasteiger partial charge < -0.3 is 14.2 Å². The van der Waals surface area contributed by atoms with Gasteiger partial charge in [-0.05, 0) is 43.2 Å². The van der Waals surface area contributed by atoms with Crippen molar-refractivity contribution < 1.29 is 9.21 Å². The average Bonchev–Trinajstić information content (AvgIpc) is 3.17. The second-order valence-corrected chi connectivity index (χ2v) is 8.75. The standard InChI is InChI=1S/C21H20ClN3O2S/c22-15-5-6-19-17(13-15)25(11-12-28-19)20(26)14-7-9-24(10-8-14)21-23-16-3-1-2-4-18(16)27-21/h1-6,13-14H,7-12H2. The van der Waals surface area contributed by atoms with Gasteiger partial charge in [0, 0.05) is 41.2 Å². The molecule has 7 heteroatoms. The molecule has 0 spiro atoms. The van der Waals surface area contributed by atoms with Crippen molar-refractivity contribution in [3.05, 3.63) is 47.5 Å². The molecule has 0 atom stereocenters. The molecule has 1 fully saturated rings. The molecule has 5 nitrogen and oxygen atoms in total. The van der Waals surface area contributed by atoms with Crippen molar-refractivity contribution in [3.8, 4) is 0 Å². The van der Waals surface area contributed by atoms with E-state index in [1.807, 2.05) is 47.4 Å². The minimum Gasteiger partial charge on any atom is -0.423 e. The maximum atomic E-state index is 13.2. The number of amides is 1. The fraction of sp³-hybridized carbons (Fsp3) is 0.333. The number of carbonyl (C=O) groups is 1. The summed E-state index contributed by atoms with van der Waals surface area (Å²) in [7, 11) is 0. The third-order valence-electron chi connectivity index (χ3n) is 5.45. The number of thioether (sulfide) groups is 1. The predicted molar refractivity (Wildman–Crippen MR) is 113 cm³/mol. The van der Waals surface area contributed by atoms with E-state index in [0.29, 0.717) is 11.0 Å². The number of piperidine rings is 1. The van der Waals surface area contributed by atoms with E-state index in [-0.39, 0.29) is 11.8 Å². The largest absolute Gasteiger partial charge is 0.423 e. The van der Waals surface area contributed by atoms with Gasteiger partial charge in [0.1, 0.15) is 5.52 Å². The van der Waals surface area contributed by atoms with Gasteiger partial charge in [0.2, 0.25) is 5.91 Å². The zero-order valence-corrected chi connectivity index (χ0v) is 16.9. The number of nitrogens with zero attached hydrogens (tertiary/aromatic N) is 3.